The molecule has 0 amide bonds. The van der Waals surface area contributed by atoms with Crippen molar-refractivity contribution < 1.29 is 17.6 Å². The molecule has 10 heteroatoms. The van der Waals surface area contributed by atoms with Gasteiger partial charge in [0.2, 0.25) is 5.82 Å². The molecular weight excluding hydrogens is 580 g/mol. The molecule has 45 heavy (non-hydrogen) atoms. The number of H-pyrrole nitrogens is 4. The molecule has 5 aromatic heterocycles. The third-order valence-electron chi connectivity index (χ3n) is 7.87. The van der Waals surface area contributed by atoms with Crippen molar-refractivity contribution >= 4 is 0 Å². The smallest absolute Gasteiger partial charge is 0.223 e. The van der Waals surface area contributed by atoms with Crippen molar-refractivity contribution in [2.75, 3.05) is 0 Å². The molecule has 0 saturated heterocycles. The van der Waals surface area contributed by atoms with E-state index in [1.54, 1.807) is 67.0 Å². The van der Waals surface area contributed by atoms with Crippen molar-refractivity contribution in [2.24, 2.45) is 0 Å². The normalized spacial score (nSPS) is 12.8. The van der Waals surface area contributed by atoms with Gasteiger partial charge in [-0.1, -0.05) is 0 Å². The quantitative estimate of drug-likeness (QED) is 0.126. The molecule has 8 bridgehead atoms. The molecule has 0 aliphatic carbocycles. The predicted molar refractivity (Wildman–Crippen MR) is 159 cm³/mol. The van der Waals surface area contributed by atoms with Crippen LogP contribution in [0.25, 0.3) is 11.4 Å². The van der Waals surface area contributed by atoms with Crippen LogP contribution in [-0.4, -0.2) is 29.9 Å². The van der Waals surface area contributed by atoms with Gasteiger partial charge in [0.25, 0.3) is 0 Å². The monoisotopic (exact) mass is 601 g/mol. The van der Waals surface area contributed by atoms with Gasteiger partial charge >= 0.3 is 0 Å². The van der Waals surface area contributed by atoms with Crippen LogP contribution in [0.5, 0.6) is 0 Å². The maximum absolute atomic E-state index is 15.3. The van der Waals surface area contributed by atoms with Gasteiger partial charge < -0.3 is 19.9 Å². The minimum absolute atomic E-state index is 0.207. The van der Waals surface area contributed by atoms with Gasteiger partial charge in [-0.3, -0.25) is 0 Å². The first-order chi connectivity index (χ1) is 22.0. The fraction of sp³-hybridized carbons (Fsp3) is 0. The van der Waals surface area contributed by atoms with Crippen LogP contribution in [0.15, 0.2) is 103 Å². The molecule has 8 rings (SSSR count). The van der Waals surface area contributed by atoms with Gasteiger partial charge in [0.1, 0.15) is 34.6 Å². The Morgan fingerprint density at radius 2 is 0.756 bits per heavy atom. The number of aromatic amines is 4. The molecule has 7 aromatic rings. The zero-order valence-corrected chi connectivity index (χ0v) is 23.2. The number of nitrogens with zero attached hydrogens (tertiary/aromatic N) is 2. The summed E-state index contributed by atoms with van der Waals surface area (Å²) < 4.78 is 61.4. The maximum atomic E-state index is 15.3. The standard InChI is InChI=1S/C35H21F4N6/c36-18-4-1-5-19(37)30(18)32-24-10-8-22(42-24)23-9-11-25(43-23)33(31-20(38)6-2-7-21(31)39)27-13-15-29(45-27)34(28-14-12-26(32)44-28)35-40-16-3-17-41-35/h1-17,42-45H/q+3. The van der Waals surface area contributed by atoms with E-state index in [0.29, 0.717) is 57.3 Å². The summed E-state index contributed by atoms with van der Waals surface area (Å²) in [4.78, 5) is 22.2. The van der Waals surface area contributed by atoms with Gasteiger partial charge in [-0.2, -0.15) is 17.6 Å². The van der Waals surface area contributed by atoms with E-state index in [4.69, 9.17) is 0 Å². The van der Waals surface area contributed by atoms with E-state index in [1.165, 1.54) is 36.4 Å². The molecule has 0 fully saturated rings. The number of nitrogens with one attached hydrogen (secondary N) is 4. The van der Waals surface area contributed by atoms with Crippen molar-refractivity contribution in [1.29, 1.82) is 0 Å². The molecule has 0 spiro atoms. The number of hydrogen-bond acceptors (Lipinski definition) is 2. The molecule has 1 aliphatic heterocycles. The molecule has 0 saturated carbocycles. The van der Waals surface area contributed by atoms with Gasteiger partial charge in [-0.05, 0) is 30.3 Å². The lowest BCUT2D eigenvalue weighted by Crippen LogP contribution is -2.13. The topological polar surface area (TPSA) is 88.9 Å². The summed E-state index contributed by atoms with van der Waals surface area (Å²) in [5, 5.41) is 0. The molecule has 0 unspecified atom stereocenters. The van der Waals surface area contributed by atoms with Crippen molar-refractivity contribution in [1.82, 2.24) is 29.9 Å². The molecule has 2 aromatic carbocycles. The van der Waals surface area contributed by atoms with E-state index in [9.17, 15) is 0 Å². The van der Waals surface area contributed by atoms with E-state index in [0.717, 1.165) is 0 Å². The summed E-state index contributed by atoms with van der Waals surface area (Å²) in [6.45, 7) is 0. The first-order valence-electron chi connectivity index (χ1n) is 14.0. The van der Waals surface area contributed by atoms with Crippen LogP contribution in [0.2, 0.25) is 0 Å². The third kappa shape index (κ3) is 4.37. The SMILES string of the molecule is Fc1cccc(F)c1[C+]1c2ccc([nH]2)-c2ccc([nH]2)[C+](c2c(F)cccc2F)c2ccc([nH]2)[C+](c2ncccn2)c2ccc1[nH]2. The van der Waals surface area contributed by atoms with Crippen LogP contribution < -0.4 is 0 Å². The highest BCUT2D eigenvalue weighted by Gasteiger charge is 2.40. The second kappa shape index (κ2) is 10.3. The van der Waals surface area contributed by atoms with E-state index >= 15 is 17.6 Å². The molecular formula is C35H21F4N6+3. The average Bonchev–Trinajstić information content (AvgIpc) is 3.86. The lowest BCUT2D eigenvalue weighted by Gasteiger charge is -2.11. The van der Waals surface area contributed by atoms with Crippen molar-refractivity contribution in [3.05, 3.63) is 196 Å². The molecule has 1 aliphatic rings. The Hall–Kier alpha value is -6.03. The number of fused-ring (bicyclic) bond motifs is 9. The Bertz CT molecular complexity index is 1980. The summed E-state index contributed by atoms with van der Waals surface area (Å²) in [6.07, 6.45) is 3.19. The maximum Gasteiger partial charge on any atom is 0.223 e. The highest BCUT2D eigenvalue weighted by molar-refractivity contribution is 5.65. The zero-order valence-electron chi connectivity index (χ0n) is 23.2. The fourth-order valence-electron chi connectivity index (χ4n) is 5.89. The average molecular weight is 602 g/mol. The van der Waals surface area contributed by atoms with E-state index in [1.807, 2.05) is 0 Å². The van der Waals surface area contributed by atoms with E-state index in [2.05, 4.69) is 29.9 Å². The second-order valence-corrected chi connectivity index (χ2v) is 10.5. The first kappa shape index (κ1) is 26.6. The van der Waals surface area contributed by atoms with Gasteiger partial charge in [-0.25, -0.2) is 9.97 Å². The Morgan fingerprint density at radius 3 is 1.18 bits per heavy atom. The Balaban J connectivity index is 1.41. The minimum atomic E-state index is -0.729. The van der Waals surface area contributed by atoms with Crippen molar-refractivity contribution in [3.63, 3.8) is 0 Å². The molecule has 6 nitrogen and oxygen atoms in total. The van der Waals surface area contributed by atoms with E-state index in [-0.39, 0.29) is 23.0 Å². The number of hydrogen-bond donors (Lipinski definition) is 4. The Morgan fingerprint density at radius 1 is 0.400 bits per heavy atom. The Kier molecular flexibility index (Phi) is 6.09. The zero-order chi connectivity index (χ0) is 30.7. The summed E-state index contributed by atoms with van der Waals surface area (Å²) >= 11 is 0. The molecule has 4 N–H and O–H groups in total. The minimum Gasteiger partial charge on any atom is -0.340 e. The van der Waals surface area contributed by atoms with E-state index < -0.39 is 23.3 Å². The fourth-order valence-corrected chi connectivity index (χ4v) is 5.89. The number of aromatic nitrogens is 6. The Labute approximate surface area is 254 Å². The number of rotatable bonds is 3. The third-order valence-corrected chi connectivity index (χ3v) is 7.87. The second-order valence-electron chi connectivity index (χ2n) is 10.5. The number of halogens is 4. The molecule has 0 atom stereocenters. The predicted octanol–water partition coefficient (Wildman–Crippen LogP) is 7.38. The van der Waals surface area contributed by atoms with Crippen molar-refractivity contribution in [3.8, 4) is 11.4 Å². The van der Waals surface area contributed by atoms with Crippen LogP contribution in [0.4, 0.5) is 17.6 Å². The largest absolute Gasteiger partial charge is 0.340 e. The van der Waals surface area contributed by atoms with Gasteiger partial charge in [0, 0.05) is 48.8 Å². The van der Waals surface area contributed by atoms with Crippen LogP contribution in [0.3, 0.4) is 0 Å². The van der Waals surface area contributed by atoms with Gasteiger partial charge in [0.05, 0.1) is 35.7 Å². The van der Waals surface area contributed by atoms with Crippen LogP contribution in [0, 0.1) is 41.0 Å². The molecule has 0 radical (unpaired) electrons. The van der Waals surface area contributed by atoms with Gasteiger partial charge in [-0.15, -0.1) is 0 Å². The number of benzene rings is 2. The van der Waals surface area contributed by atoms with Crippen LogP contribution in [0.1, 0.15) is 51.1 Å². The highest BCUT2D eigenvalue weighted by Crippen LogP contribution is 2.40. The lowest BCUT2D eigenvalue weighted by atomic mass is 9.91. The lowest BCUT2D eigenvalue weighted by molar-refractivity contribution is 0.566. The molecule has 6 heterocycles. The highest BCUT2D eigenvalue weighted by atomic mass is 19.1. The van der Waals surface area contributed by atoms with Gasteiger partial charge in [0.15, 0.2) is 51.7 Å². The summed E-state index contributed by atoms with van der Waals surface area (Å²) in [6, 6.07) is 23.1. The summed E-state index contributed by atoms with van der Waals surface area (Å²) in [5.41, 5.74) is 3.61. The van der Waals surface area contributed by atoms with Crippen LogP contribution >= 0.6 is 0 Å². The van der Waals surface area contributed by atoms with Crippen molar-refractivity contribution in [2.45, 2.75) is 0 Å². The first-order valence-corrected chi connectivity index (χ1v) is 14.0. The van der Waals surface area contributed by atoms with Crippen LogP contribution in [-0.2, 0) is 0 Å². The summed E-state index contributed by atoms with van der Waals surface area (Å²) in [5.74, 6) is -1.49. The summed E-state index contributed by atoms with van der Waals surface area (Å²) in [7, 11) is 0. The molecule has 216 valence electrons.